The van der Waals surface area contributed by atoms with Gasteiger partial charge in [-0.15, -0.1) is 0 Å². The second-order valence-corrected chi connectivity index (χ2v) is 4.83. The molecule has 2 heterocycles. The minimum Gasteiger partial charge on any atom is -0.480 e. The maximum atomic E-state index is 12.4. The summed E-state index contributed by atoms with van der Waals surface area (Å²) in [7, 11) is 1.44. The van der Waals surface area contributed by atoms with Gasteiger partial charge in [0.05, 0.1) is 10.7 Å². The molecule has 2 aromatic heterocycles. The normalized spacial score (nSPS) is 10.8. The number of hydrogen-bond acceptors (Lipinski definition) is 3. The number of carbonyl (C=O) groups excluding carboxylic acids is 1. The first-order chi connectivity index (χ1) is 9.43. The number of carboxylic acids is 1. The van der Waals surface area contributed by atoms with Gasteiger partial charge in [-0.3, -0.25) is 14.0 Å². The summed E-state index contributed by atoms with van der Waals surface area (Å²) in [6.45, 7) is 1.52. The van der Waals surface area contributed by atoms with Crippen LogP contribution in [-0.2, 0) is 11.2 Å². The van der Waals surface area contributed by atoms with Gasteiger partial charge in [-0.05, 0) is 18.6 Å². The van der Waals surface area contributed by atoms with E-state index >= 15 is 0 Å². The fourth-order valence-electron chi connectivity index (χ4n) is 2.00. The number of aryl methyl sites for hydroxylation is 1. The lowest BCUT2D eigenvalue weighted by atomic mass is 10.2. The predicted octanol–water partition coefficient (Wildman–Crippen LogP) is 1.71. The lowest BCUT2D eigenvalue weighted by Crippen LogP contribution is -2.33. The van der Waals surface area contributed by atoms with Crippen LogP contribution < -0.4 is 0 Å². The highest BCUT2D eigenvalue weighted by Crippen LogP contribution is 2.18. The van der Waals surface area contributed by atoms with Crippen LogP contribution in [0.1, 0.15) is 23.1 Å². The largest absolute Gasteiger partial charge is 0.480 e. The number of halogens is 1. The Morgan fingerprint density at radius 1 is 1.45 bits per heavy atom. The number of rotatable bonds is 4. The van der Waals surface area contributed by atoms with Crippen LogP contribution in [0.15, 0.2) is 18.3 Å². The van der Waals surface area contributed by atoms with Gasteiger partial charge in [0.1, 0.15) is 17.9 Å². The zero-order valence-corrected chi connectivity index (χ0v) is 11.9. The van der Waals surface area contributed by atoms with Gasteiger partial charge in [0.2, 0.25) is 0 Å². The smallest absolute Gasteiger partial charge is 0.323 e. The number of likely N-dealkylation sites (N-methyl/N-ethyl adjacent to an activating group) is 1. The number of carboxylic acid groups (broad SMARTS) is 1. The molecule has 0 aromatic carbocycles. The minimum absolute atomic E-state index is 0.355. The highest BCUT2D eigenvalue weighted by Gasteiger charge is 2.22. The summed E-state index contributed by atoms with van der Waals surface area (Å²) in [6, 6.07) is 3.41. The quantitative estimate of drug-likeness (QED) is 0.931. The Hall–Kier alpha value is -2.08. The van der Waals surface area contributed by atoms with Crippen LogP contribution in [0, 0.1) is 0 Å². The standard InChI is InChI=1S/C13H14ClN3O3/c1-3-9-12(13(20)16(2)7-11(18)19)17-6-8(14)4-5-10(17)15-9/h4-6H,3,7H2,1-2H3,(H,18,19). The lowest BCUT2D eigenvalue weighted by Gasteiger charge is -2.15. The van der Waals surface area contributed by atoms with Gasteiger partial charge in [-0.1, -0.05) is 18.5 Å². The van der Waals surface area contributed by atoms with Crippen LogP contribution in [0.25, 0.3) is 5.65 Å². The van der Waals surface area contributed by atoms with Gasteiger partial charge in [-0.2, -0.15) is 0 Å². The number of fused-ring (bicyclic) bond motifs is 1. The molecule has 0 fully saturated rings. The van der Waals surface area contributed by atoms with E-state index in [0.29, 0.717) is 28.5 Å². The van der Waals surface area contributed by atoms with Crippen molar-refractivity contribution in [3.63, 3.8) is 0 Å². The minimum atomic E-state index is -1.06. The van der Waals surface area contributed by atoms with E-state index in [9.17, 15) is 9.59 Å². The summed E-state index contributed by atoms with van der Waals surface area (Å²) in [5, 5.41) is 9.26. The van der Waals surface area contributed by atoms with Crippen molar-refractivity contribution >= 4 is 29.1 Å². The molecule has 6 nitrogen and oxygen atoms in total. The van der Waals surface area contributed by atoms with Crippen LogP contribution in [0.2, 0.25) is 5.02 Å². The zero-order valence-electron chi connectivity index (χ0n) is 11.1. The molecule has 2 aromatic rings. The highest BCUT2D eigenvalue weighted by atomic mass is 35.5. The van der Waals surface area contributed by atoms with Gasteiger partial charge in [0.25, 0.3) is 5.91 Å². The van der Waals surface area contributed by atoms with Crippen molar-refractivity contribution in [3.8, 4) is 0 Å². The molecular formula is C13H14ClN3O3. The fourth-order valence-corrected chi connectivity index (χ4v) is 2.16. The molecule has 20 heavy (non-hydrogen) atoms. The molecule has 0 bridgehead atoms. The molecule has 0 saturated heterocycles. The second kappa shape index (κ2) is 5.50. The Balaban J connectivity index is 2.53. The summed E-state index contributed by atoms with van der Waals surface area (Å²) in [5.41, 5.74) is 1.58. The van der Waals surface area contributed by atoms with Gasteiger partial charge in [-0.25, -0.2) is 4.98 Å². The average molecular weight is 296 g/mol. The van der Waals surface area contributed by atoms with Gasteiger partial charge >= 0.3 is 5.97 Å². The molecular weight excluding hydrogens is 282 g/mol. The molecule has 1 N–H and O–H groups in total. The molecule has 0 radical (unpaired) electrons. The van der Waals surface area contributed by atoms with Gasteiger partial charge in [0.15, 0.2) is 0 Å². The molecule has 0 atom stereocenters. The zero-order chi connectivity index (χ0) is 14.9. The van der Waals surface area contributed by atoms with E-state index in [1.54, 1.807) is 22.7 Å². The van der Waals surface area contributed by atoms with Gasteiger partial charge in [0, 0.05) is 13.2 Å². The molecule has 2 rings (SSSR count). The maximum Gasteiger partial charge on any atom is 0.323 e. The van der Waals surface area contributed by atoms with Crippen LogP contribution in [-0.4, -0.2) is 44.9 Å². The lowest BCUT2D eigenvalue weighted by molar-refractivity contribution is -0.137. The summed E-state index contributed by atoms with van der Waals surface area (Å²) in [4.78, 5) is 28.6. The van der Waals surface area contributed by atoms with Crippen LogP contribution >= 0.6 is 11.6 Å². The van der Waals surface area contributed by atoms with Crippen molar-refractivity contribution in [1.29, 1.82) is 0 Å². The Labute approximate surface area is 120 Å². The second-order valence-electron chi connectivity index (χ2n) is 4.39. The first kappa shape index (κ1) is 14.3. The summed E-state index contributed by atoms with van der Waals surface area (Å²) < 4.78 is 1.60. The van der Waals surface area contributed by atoms with E-state index in [4.69, 9.17) is 16.7 Å². The van der Waals surface area contributed by atoms with E-state index in [1.807, 2.05) is 6.92 Å². The first-order valence-corrected chi connectivity index (χ1v) is 6.45. The van der Waals surface area contributed by atoms with Crippen LogP contribution in [0.4, 0.5) is 0 Å². The molecule has 1 amide bonds. The average Bonchev–Trinajstić information content (AvgIpc) is 2.74. The molecule has 0 aliphatic carbocycles. The van der Waals surface area contributed by atoms with Crippen molar-refractivity contribution in [2.75, 3.05) is 13.6 Å². The Bertz CT molecular complexity index is 681. The van der Waals surface area contributed by atoms with E-state index in [0.717, 1.165) is 4.90 Å². The number of amides is 1. The summed E-state index contributed by atoms with van der Waals surface area (Å²) in [6.07, 6.45) is 2.17. The number of aliphatic carboxylic acids is 1. The van der Waals surface area contributed by atoms with Gasteiger partial charge < -0.3 is 10.0 Å². The highest BCUT2D eigenvalue weighted by molar-refractivity contribution is 6.30. The van der Waals surface area contributed by atoms with Crippen molar-refractivity contribution in [3.05, 3.63) is 34.7 Å². The summed E-state index contributed by atoms with van der Waals surface area (Å²) in [5.74, 6) is -1.45. The van der Waals surface area contributed by atoms with Crippen LogP contribution in [0.3, 0.4) is 0 Å². The third-order valence-electron chi connectivity index (χ3n) is 2.91. The monoisotopic (exact) mass is 295 g/mol. The number of nitrogens with zero attached hydrogens (tertiary/aromatic N) is 3. The Morgan fingerprint density at radius 2 is 2.15 bits per heavy atom. The van der Waals surface area contributed by atoms with E-state index < -0.39 is 5.97 Å². The maximum absolute atomic E-state index is 12.4. The third kappa shape index (κ3) is 2.60. The third-order valence-corrected chi connectivity index (χ3v) is 3.13. The van der Waals surface area contributed by atoms with Crippen LogP contribution in [0.5, 0.6) is 0 Å². The molecule has 0 aliphatic rings. The van der Waals surface area contributed by atoms with E-state index in [-0.39, 0.29) is 12.5 Å². The van der Waals surface area contributed by atoms with Crippen molar-refractivity contribution in [1.82, 2.24) is 14.3 Å². The summed E-state index contributed by atoms with van der Waals surface area (Å²) >= 11 is 5.94. The predicted molar refractivity (Wildman–Crippen MR) is 74.2 cm³/mol. The number of aromatic nitrogens is 2. The number of hydrogen-bond donors (Lipinski definition) is 1. The SMILES string of the molecule is CCc1nc2ccc(Cl)cn2c1C(=O)N(C)CC(=O)O. The number of pyridine rings is 1. The van der Waals surface area contributed by atoms with E-state index in [1.165, 1.54) is 7.05 Å². The molecule has 0 spiro atoms. The van der Waals surface area contributed by atoms with Crippen molar-refractivity contribution < 1.29 is 14.7 Å². The molecule has 106 valence electrons. The molecule has 0 aliphatic heterocycles. The first-order valence-electron chi connectivity index (χ1n) is 6.07. The number of carbonyl (C=O) groups is 2. The Morgan fingerprint density at radius 3 is 2.75 bits per heavy atom. The van der Waals surface area contributed by atoms with Crippen molar-refractivity contribution in [2.24, 2.45) is 0 Å². The fraction of sp³-hybridized carbons (Fsp3) is 0.308. The molecule has 7 heteroatoms. The number of imidazole rings is 1. The van der Waals surface area contributed by atoms with E-state index in [2.05, 4.69) is 4.98 Å². The molecule has 0 unspecified atom stereocenters. The van der Waals surface area contributed by atoms with Crippen molar-refractivity contribution in [2.45, 2.75) is 13.3 Å². The molecule has 0 saturated carbocycles. The topological polar surface area (TPSA) is 74.9 Å². The Kier molecular flexibility index (Phi) is 3.94.